The summed E-state index contributed by atoms with van der Waals surface area (Å²) in [7, 11) is -3.89. The summed E-state index contributed by atoms with van der Waals surface area (Å²) in [6.45, 7) is 3.04. The van der Waals surface area contributed by atoms with Crippen LogP contribution >= 0.6 is 0 Å². The molecule has 2 fully saturated rings. The summed E-state index contributed by atoms with van der Waals surface area (Å²) in [5.74, 6) is 0.517. The monoisotopic (exact) mass is 339 g/mol. The highest BCUT2D eigenvalue weighted by Gasteiger charge is 2.42. The summed E-state index contributed by atoms with van der Waals surface area (Å²) in [4.78, 5) is 12.0. The topological polar surface area (TPSA) is 98.7 Å². The number of nitrogens with one attached hydrogen (secondary N) is 2. The number of rotatable bonds is 3. The van der Waals surface area contributed by atoms with Crippen molar-refractivity contribution in [2.24, 2.45) is 11.8 Å². The molecule has 3 N–H and O–H groups in total. The smallest absolute Gasteiger partial charge is 0.343 e. The molecule has 1 saturated heterocycles. The summed E-state index contributed by atoms with van der Waals surface area (Å²) in [6, 6.07) is 5.49. The number of fused-ring (bicyclic) bond motifs is 1. The number of carbonyl (C=O) groups excluding carboxylic acids is 1. The van der Waals surface area contributed by atoms with E-state index in [0.717, 1.165) is 18.4 Å². The van der Waals surface area contributed by atoms with Gasteiger partial charge in [0.15, 0.2) is 0 Å². The molecule has 0 aromatic heterocycles. The molecule has 2 amide bonds. The zero-order valence-corrected chi connectivity index (χ0v) is 13.7. The second-order valence-electron chi connectivity index (χ2n) is 6.33. The zero-order chi connectivity index (χ0) is 16.6. The number of aryl methyl sites for hydroxylation is 1. The highest BCUT2D eigenvalue weighted by Crippen LogP contribution is 2.37. The van der Waals surface area contributed by atoms with Crippen molar-refractivity contribution in [3.63, 3.8) is 0 Å². The Kier molecular flexibility index (Phi) is 4.31. The quantitative estimate of drug-likeness (QED) is 0.749. The van der Waals surface area contributed by atoms with Gasteiger partial charge in [-0.3, -0.25) is 5.43 Å². The van der Waals surface area contributed by atoms with E-state index in [2.05, 4.69) is 5.43 Å². The molecule has 1 heterocycles. The summed E-state index contributed by atoms with van der Waals surface area (Å²) in [5.41, 5.74) is 3.50. The lowest BCUT2D eigenvalue weighted by atomic mass is 10.00. The molecule has 1 aromatic rings. The lowest BCUT2D eigenvalue weighted by molar-refractivity contribution is 0.118. The Labute approximate surface area is 135 Å². The van der Waals surface area contributed by atoms with E-state index in [0.29, 0.717) is 19.0 Å². The van der Waals surface area contributed by atoms with Crippen molar-refractivity contribution in [3.05, 3.63) is 29.8 Å². The van der Waals surface area contributed by atoms with E-state index >= 15 is 0 Å². The molecule has 1 aliphatic carbocycles. The average molecular weight is 339 g/mol. The van der Waals surface area contributed by atoms with Gasteiger partial charge in [-0.05, 0) is 37.8 Å². The van der Waals surface area contributed by atoms with Crippen molar-refractivity contribution in [2.75, 3.05) is 13.1 Å². The number of amides is 2. The van der Waals surface area contributed by atoms with Gasteiger partial charge in [0.2, 0.25) is 0 Å². The predicted molar refractivity (Wildman–Crippen MR) is 83.8 cm³/mol. The molecule has 0 radical (unpaired) electrons. The SMILES string of the molecule is Cc1ccc(S(=O)(=O)NC(=O)NN2C[C@@H]3CC[C@H](O)[C@@H]3C2)cc1. The first kappa shape index (κ1) is 16.2. The summed E-state index contributed by atoms with van der Waals surface area (Å²) in [6.07, 6.45) is 1.41. The van der Waals surface area contributed by atoms with Gasteiger partial charge in [-0.25, -0.2) is 22.9 Å². The Balaban J connectivity index is 1.58. The van der Waals surface area contributed by atoms with Gasteiger partial charge >= 0.3 is 6.03 Å². The largest absolute Gasteiger partial charge is 0.393 e. The number of nitrogens with zero attached hydrogens (tertiary/aromatic N) is 1. The van der Waals surface area contributed by atoms with Gasteiger partial charge in [0.05, 0.1) is 11.0 Å². The van der Waals surface area contributed by atoms with E-state index in [4.69, 9.17) is 0 Å². The third-order valence-corrected chi connectivity index (χ3v) is 5.98. The number of sulfonamides is 1. The van der Waals surface area contributed by atoms with E-state index in [1.807, 2.05) is 11.6 Å². The summed E-state index contributed by atoms with van der Waals surface area (Å²) < 4.78 is 26.3. The van der Waals surface area contributed by atoms with Gasteiger partial charge in [-0.2, -0.15) is 0 Å². The second kappa shape index (κ2) is 6.10. The highest BCUT2D eigenvalue weighted by atomic mass is 32.2. The Hall–Kier alpha value is -1.64. The Morgan fingerprint density at radius 2 is 1.91 bits per heavy atom. The number of hydrogen-bond acceptors (Lipinski definition) is 5. The molecule has 3 rings (SSSR count). The van der Waals surface area contributed by atoms with Crippen molar-refractivity contribution < 1.29 is 18.3 Å². The van der Waals surface area contributed by atoms with Gasteiger partial charge in [-0.15, -0.1) is 0 Å². The lowest BCUT2D eigenvalue weighted by Gasteiger charge is -2.19. The minimum absolute atomic E-state index is 0.0481. The Morgan fingerprint density at radius 1 is 1.22 bits per heavy atom. The minimum Gasteiger partial charge on any atom is -0.393 e. The average Bonchev–Trinajstić information content (AvgIpc) is 3.01. The number of hydrogen-bond donors (Lipinski definition) is 3. The van der Waals surface area contributed by atoms with Crippen LogP contribution in [0.25, 0.3) is 0 Å². The first-order chi connectivity index (χ1) is 10.8. The van der Waals surface area contributed by atoms with Crippen molar-refractivity contribution in [1.82, 2.24) is 15.2 Å². The van der Waals surface area contributed by atoms with Gasteiger partial charge in [-0.1, -0.05) is 17.7 Å². The maximum atomic E-state index is 12.1. The maximum absolute atomic E-state index is 12.1. The van der Waals surface area contributed by atoms with E-state index in [-0.39, 0.29) is 16.9 Å². The van der Waals surface area contributed by atoms with Crippen molar-refractivity contribution >= 4 is 16.1 Å². The maximum Gasteiger partial charge on any atom is 0.343 e. The fraction of sp³-hybridized carbons (Fsp3) is 0.533. The molecule has 7 nitrogen and oxygen atoms in total. The molecular weight excluding hydrogens is 318 g/mol. The molecule has 0 unspecified atom stereocenters. The van der Waals surface area contributed by atoms with E-state index in [9.17, 15) is 18.3 Å². The zero-order valence-electron chi connectivity index (χ0n) is 12.9. The Bertz CT molecular complexity index is 689. The first-order valence-electron chi connectivity index (χ1n) is 7.68. The minimum atomic E-state index is -3.89. The number of hydrazine groups is 1. The van der Waals surface area contributed by atoms with Crippen LogP contribution in [0.4, 0.5) is 4.79 Å². The molecule has 23 heavy (non-hydrogen) atoms. The molecule has 0 spiro atoms. The molecule has 3 atom stereocenters. The third kappa shape index (κ3) is 3.49. The molecule has 0 bridgehead atoms. The third-order valence-electron chi connectivity index (χ3n) is 4.64. The van der Waals surface area contributed by atoms with Gasteiger partial charge in [0.25, 0.3) is 10.0 Å². The highest BCUT2D eigenvalue weighted by molar-refractivity contribution is 7.90. The molecular formula is C15H21N3O4S. The van der Waals surface area contributed by atoms with Crippen molar-refractivity contribution in [2.45, 2.75) is 30.8 Å². The van der Waals surface area contributed by atoms with Gasteiger partial charge in [0.1, 0.15) is 0 Å². The van der Waals surface area contributed by atoms with E-state index < -0.39 is 16.1 Å². The first-order valence-corrected chi connectivity index (χ1v) is 9.16. The number of benzene rings is 1. The molecule has 1 saturated carbocycles. The van der Waals surface area contributed by atoms with Crippen LogP contribution in [0.15, 0.2) is 29.2 Å². The van der Waals surface area contributed by atoms with Crippen LogP contribution in [0, 0.1) is 18.8 Å². The molecule has 8 heteroatoms. The van der Waals surface area contributed by atoms with Crippen LogP contribution in [0.3, 0.4) is 0 Å². The Morgan fingerprint density at radius 3 is 2.57 bits per heavy atom. The van der Waals surface area contributed by atoms with E-state index in [1.54, 1.807) is 17.1 Å². The standard InChI is InChI=1S/C15H21N3O4S/c1-10-2-5-12(6-3-10)23(21,22)17-15(20)16-18-8-11-4-7-14(19)13(11)9-18/h2-3,5-6,11,13-14,19H,4,7-9H2,1H3,(H2,16,17,20)/t11-,13+,14-/m0/s1. The van der Waals surface area contributed by atoms with Crippen LogP contribution in [-0.2, 0) is 10.0 Å². The fourth-order valence-corrected chi connectivity index (χ4v) is 4.29. The van der Waals surface area contributed by atoms with Gasteiger partial charge < -0.3 is 5.11 Å². The van der Waals surface area contributed by atoms with Crippen LogP contribution in [0.2, 0.25) is 0 Å². The molecule has 126 valence electrons. The fourth-order valence-electron chi connectivity index (χ4n) is 3.39. The summed E-state index contributed by atoms with van der Waals surface area (Å²) in [5, 5.41) is 11.5. The van der Waals surface area contributed by atoms with Crippen LogP contribution in [0.5, 0.6) is 0 Å². The van der Waals surface area contributed by atoms with Gasteiger partial charge in [0, 0.05) is 19.0 Å². The number of urea groups is 1. The van der Waals surface area contributed by atoms with Crippen LogP contribution in [0.1, 0.15) is 18.4 Å². The van der Waals surface area contributed by atoms with Crippen LogP contribution in [-0.4, -0.2) is 43.8 Å². The molecule has 2 aliphatic rings. The van der Waals surface area contributed by atoms with Crippen molar-refractivity contribution in [3.8, 4) is 0 Å². The van der Waals surface area contributed by atoms with Crippen molar-refractivity contribution in [1.29, 1.82) is 0 Å². The number of aliphatic hydroxyl groups excluding tert-OH is 1. The lowest BCUT2D eigenvalue weighted by Crippen LogP contribution is -2.48. The van der Waals surface area contributed by atoms with Crippen LogP contribution < -0.4 is 10.1 Å². The number of carbonyl (C=O) groups is 1. The summed E-state index contributed by atoms with van der Waals surface area (Å²) >= 11 is 0. The second-order valence-corrected chi connectivity index (χ2v) is 8.02. The normalized spacial score (nSPS) is 27.7. The predicted octanol–water partition coefficient (Wildman–Crippen LogP) is 0.601. The van der Waals surface area contributed by atoms with E-state index in [1.165, 1.54) is 12.1 Å². The number of aliphatic hydroxyl groups is 1. The molecule has 1 aromatic carbocycles. The molecule has 1 aliphatic heterocycles.